The average molecular weight is 309 g/mol. The van der Waals surface area contributed by atoms with E-state index in [0.29, 0.717) is 25.1 Å². The molecule has 5 nitrogen and oxygen atoms in total. The van der Waals surface area contributed by atoms with Crippen LogP contribution >= 0.6 is 0 Å². The van der Waals surface area contributed by atoms with Crippen LogP contribution in [0.25, 0.3) is 0 Å². The van der Waals surface area contributed by atoms with Gasteiger partial charge in [-0.25, -0.2) is 0 Å². The van der Waals surface area contributed by atoms with Crippen LogP contribution in [0.3, 0.4) is 0 Å². The van der Waals surface area contributed by atoms with Gasteiger partial charge in [-0.2, -0.15) is 0 Å². The van der Waals surface area contributed by atoms with Gasteiger partial charge in [0.2, 0.25) is 0 Å². The van der Waals surface area contributed by atoms with Gasteiger partial charge in [0.05, 0.1) is 12.2 Å². The summed E-state index contributed by atoms with van der Waals surface area (Å²) >= 11 is 0. The van der Waals surface area contributed by atoms with Crippen LogP contribution in [0.1, 0.15) is 30.9 Å². The third kappa shape index (κ3) is 4.68. The molecule has 0 heterocycles. The van der Waals surface area contributed by atoms with E-state index in [1.165, 1.54) is 0 Å². The lowest BCUT2D eigenvalue weighted by atomic mass is 9.87. The summed E-state index contributed by atoms with van der Waals surface area (Å²) in [5.41, 5.74) is 1.94. The summed E-state index contributed by atoms with van der Waals surface area (Å²) in [5, 5.41) is 32.7. The van der Waals surface area contributed by atoms with Crippen LogP contribution in [-0.2, 0) is 12.8 Å². The fourth-order valence-corrected chi connectivity index (χ4v) is 2.69. The smallest absolute Gasteiger partial charge is 0.123 e. The van der Waals surface area contributed by atoms with Crippen LogP contribution in [0.15, 0.2) is 18.2 Å². The Morgan fingerprint density at radius 2 is 2.05 bits per heavy atom. The Bertz CT molecular complexity index is 466. The molecule has 22 heavy (non-hydrogen) atoms. The normalized spacial score (nSPS) is 22.2. The number of ether oxygens (including phenoxy) is 1. The summed E-state index contributed by atoms with van der Waals surface area (Å²) < 4.78 is 5.72. The van der Waals surface area contributed by atoms with Gasteiger partial charge in [-0.05, 0) is 24.6 Å². The highest BCUT2D eigenvalue weighted by molar-refractivity contribution is 5.43. The maximum Gasteiger partial charge on any atom is 0.123 e. The van der Waals surface area contributed by atoms with Gasteiger partial charge < -0.3 is 25.4 Å². The number of hydrogen-bond acceptors (Lipinski definition) is 5. The van der Waals surface area contributed by atoms with Crippen LogP contribution in [0, 0.1) is 0 Å². The van der Waals surface area contributed by atoms with Crippen LogP contribution in [-0.4, -0.2) is 53.3 Å². The van der Waals surface area contributed by atoms with Gasteiger partial charge in [-0.1, -0.05) is 25.5 Å². The molecule has 2 rings (SSSR count). The van der Waals surface area contributed by atoms with Crippen molar-refractivity contribution >= 4 is 0 Å². The zero-order valence-corrected chi connectivity index (χ0v) is 13.2. The quantitative estimate of drug-likeness (QED) is 0.530. The predicted octanol–water partition coefficient (Wildman–Crippen LogP) is 0.636. The van der Waals surface area contributed by atoms with E-state index in [2.05, 4.69) is 12.2 Å². The fourth-order valence-electron chi connectivity index (χ4n) is 2.69. The van der Waals surface area contributed by atoms with E-state index in [1.807, 2.05) is 18.2 Å². The van der Waals surface area contributed by atoms with Gasteiger partial charge in [0, 0.05) is 24.9 Å². The van der Waals surface area contributed by atoms with Crippen molar-refractivity contribution in [2.24, 2.45) is 0 Å². The number of nitrogens with one attached hydrogen (secondary N) is 1. The zero-order valence-electron chi connectivity index (χ0n) is 13.2. The highest BCUT2D eigenvalue weighted by Gasteiger charge is 2.27. The average Bonchev–Trinajstić information content (AvgIpc) is 2.51. The molecule has 0 aromatic heterocycles. The van der Waals surface area contributed by atoms with Gasteiger partial charge in [0.1, 0.15) is 18.5 Å². The zero-order chi connectivity index (χ0) is 15.9. The Labute approximate surface area is 131 Å². The van der Waals surface area contributed by atoms with Crippen LogP contribution in [0.2, 0.25) is 0 Å². The summed E-state index contributed by atoms with van der Waals surface area (Å²) in [6, 6.07) is 5.67. The minimum atomic E-state index is -0.752. The number of fused-ring (bicyclic) bond motifs is 1. The number of benzene rings is 1. The van der Waals surface area contributed by atoms with Gasteiger partial charge in [-0.15, -0.1) is 0 Å². The molecule has 0 saturated heterocycles. The second kappa shape index (κ2) is 8.48. The third-order valence-electron chi connectivity index (χ3n) is 4.03. The Kier molecular flexibility index (Phi) is 6.64. The summed E-state index contributed by atoms with van der Waals surface area (Å²) in [6.45, 7) is 3.76. The molecule has 0 saturated carbocycles. The molecule has 0 spiro atoms. The van der Waals surface area contributed by atoms with Gasteiger partial charge in [0.25, 0.3) is 0 Å². The van der Waals surface area contributed by atoms with E-state index in [4.69, 9.17) is 4.74 Å². The van der Waals surface area contributed by atoms with Crippen molar-refractivity contribution in [3.8, 4) is 5.75 Å². The van der Waals surface area contributed by atoms with E-state index in [1.54, 1.807) is 0 Å². The predicted molar refractivity (Wildman–Crippen MR) is 85.1 cm³/mol. The number of rotatable bonds is 8. The summed E-state index contributed by atoms with van der Waals surface area (Å²) in [5.74, 6) is 0.691. The molecule has 1 aromatic carbocycles. The van der Waals surface area contributed by atoms with Crippen LogP contribution in [0.5, 0.6) is 5.75 Å². The Morgan fingerprint density at radius 3 is 2.82 bits per heavy atom. The van der Waals surface area contributed by atoms with E-state index < -0.39 is 18.3 Å². The molecule has 0 amide bonds. The largest absolute Gasteiger partial charge is 0.491 e. The van der Waals surface area contributed by atoms with E-state index in [-0.39, 0.29) is 6.61 Å². The second-order valence-corrected chi connectivity index (χ2v) is 5.96. The van der Waals surface area contributed by atoms with Crippen molar-refractivity contribution in [1.82, 2.24) is 5.32 Å². The molecule has 4 N–H and O–H groups in total. The van der Waals surface area contributed by atoms with E-state index in [9.17, 15) is 15.3 Å². The number of unbranched alkanes of at least 4 members (excludes halogenated alkanes) is 1. The lowest BCUT2D eigenvalue weighted by molar-refractivity contribution is 0.0132. The highest BCUT2D eigenvalue weighted by Crippen LogP contribution is 2.30. The van der Waals surface area contributed by atoms with Crippen molar-refractivity contribution in [1.29, 1.82) is 0 Å². The fraction of sp³-hybridized carbons (Fsp3) is 0.647. The molecule has 0 fully saturated rings. The Balaban J connectivity index is 1.87. The minimum Gasteiger partial charge on any atom is -0.491 e. The maximum absolute atomic E-state index is 9.93. The first kappa shape index (κ1) is 17.2. The molecule has 1 aliphatic rings. The lowest BCUT2D eigenvalue weighted by Crippen LogP contribution is -2.35. The van der Waals surface area contributed by atoms with Gasteiger partial charge in [-0.3, -0.25) is 0 Å². The molecule has 0 unspecified atom stereocenters. The highest BCUT2D eigenvalue weighted by atomic mass is 16.5. The van der Waals surface area contributed by atoms with Gasteiger partial charge >= 0.3 is 0 Å². The summed E-state index contributed by atoms with van der Waals surface area (Å²) in [6.07, 6.45) is 1.02. The molecule has 0 aliphatic heterocycles. The standard InChI is InChI=1S/C17H27NO4/c1-2-3-7-18-10-13(19)11-22-17-6-4-5-12-8-15(20)16(21)9-14(12)17/h4-6,13,15-16,18-21H,2-3,7-11H2,1H3/t13-,15-,16+/m0/s1. The monoisotopic (exact) mass is 309 g/mol. The first-order chi connectivity index (χ1) is 10.6. The van der Waals surface area contributed by atoms with E-state index in [0.717, 1.165) is 30.5 Å². The van der Waals surface area contributed by atoms with Crippen molar-refractivity contribution in [3.63, 3.8) is 0 Å². The Morgan fingerprint density at radius 1 is 1.27 bits per heavy atom. The minimum absolute atomic E-state index is 0.216. The van der Waals surface area contributed by atoms with Crippen molar-refractivity contribution in [3.05, 3.63) is 29.3 Å². The topological polar surface area (TPSA) is 82.0 Å². The van der Waals surface area contributed by atoms with Crippen molar-refractivity contribution in [2.45, 2.75) is 50.9 Å². The van der Waals surface area contributed by atoms with Crippen LogP contribution in [0.4, 0.5) is 0 Å². The molecule has 0 radical (unpaired) electrons. The summed E-state index contributed by atoms with van der Waals surface area (Å²) in [7, 11) is 0. The van der Waals surface area contributed by atoms with Gasteiger partial charge in [0.15, 0.2) is 0 Å². The van der Waals surface area contributed by atoms with Crippen LogP contribution < -0.4 is 10.1 Å². The van der Waals surface area contributed by atoms with Crippen molar-refractivity contribution in [2.75, 3.05) is 19.7 Å². The molecule has 5 heteroatoms. The van der Waals surface area contributed by atoms with Crippen molar-refractivity contribution < 1.29 is 20.1 Å². The van der Waals surface area contributed by atoms with E-state index >= 15 is 0 Å². The first-order valence-corrected chi connectivity index (χ1v) is 8.10. The lowest BCUT2D eigenvalue weighted by Gasteiger charge is -2.27. The third-order valence-corrected chi connectivity index (χ3v) is 4.03. The number of aliphatic hydroxyl groups excluding tert-OH is 3. The SMILES string of the molecule is CCCCNC[C@H](O)COc1cccc2c1C[C@@H](O)[C@@H](O)C2. The maximum atomic E-state index is 9.93. The number of hydrogen-bond donors (Lipinski definition) is 4. The molecular weight excluding hydrogens is 282 g/mol. The molecule has 1 aromatic rings. The second-order valence-electron chi connectivity index (χ2n) is 5.96. The first-order valence-electron chi connectivity index (χ1n) is 8.10. The molecule has 3 atom stereocenters. The molecule has 124 valence electrons. The Hall–Kier alpha value is -1.14. The number of aliphatic hydroxyl groups is 3. The summed E-state index contributed by atoms with van der Waals surface area (Å²) in [4.78, 5) is 0. The molecule has 0 bridgehead atoms. The molecule has 1 aliphatic carbocycles. The molecular formula is C17H27NO4.